The Hall–Kier alpha value is -1.61. The molecule has 2 atom stereocenters. The zero-order chi connectivity index (χ0) is 15.3. The molecule has 0 saturated carbocycles. The van der Waals surface area contributed by atoms with Crippen LogP contribution < -0.4 is 0 Å². The zero-order valence-corrected chi connectivity index (χ0v) is 13.3. The summed E-state index contributed by atoms with van der Waals surface area (Å²) >= 11 is 0. The van der Waals surface area contributed by atoms with Gasteiger partial charge in [-0.1, -0.05) is 50.6 Å². The first-order valence-electron chi connectivity index (χ1n) is 7.91. The average molecular weight is 286 g/mol. The van der Waals surface area contributed by atoms with Crippen molar-refractivity contribution in [2.24, 2.45) is 0 Å². The number of nitrogens with zero attached hydrogens (tertiary/aromatic N) is 2. The van der Waals surface area contributed by atoms with Gasteiger partial charge in [0.1, 0.15) is 0 Å². The molecular weight excluding hydrogens is 260 g/mol. The third kappa shape index (κ3) is 3.73. The molecule has 1 N–H and O–H groups in total. The van der Waals surface area contributed by atoms with Gasteiger partial charge in [-0.3, -0.25) is 4.68 Å². The number of hydrogen-bond donors (Lipinski definition) is 1. The van der Waals surface area contributed by atoms with Crippen molar-refractivity contribution in [3.63, 3.8) is 0 Å². The van der Waals surface area contributed by atoms with Gasteiger partial charge in [-0.2, -0.15) is 5.10 Å². The van der Waals surface area contributed by atoms with E-state index in [1.165, 1.54) is 0 Å². The third-order valence-corrected chi connectivity index (χ3v) is 4.15. The van der Waals surface area contributed by atoms with Crippen LogP contribution in [-0.2, 0) is 12.0 Å². The molecular formula is C18H26N2O. The molecule has 0 aliphatic heterocycles. The molecule has 0 aliphatic rings. The lowest BCUT2D eigenvalue weighted by Crippen LogP contribution is -2.28. The Kier molecular flexibility index (Phi) is 5.18. The van der Waals surface area contributed by atoms with Crippen LogP contribution in [0.5, 0.6) is 0 Å². The minimum atomic E-state index is -0.829. The second kappa shape index (κ2) is 6.90. The normalized spacial score (nSPS) is 15.6. The summed E-state index contributed by atoms with van der Waals surface area (Å²) < 4.78 is 1.99. The monoisotopic (exact) mass is 286 g/mol. The molecule has 1 aromatic carbocycles. The van der Waals surface area contributed by atoms with Crippen LogP contribution >= 0.6 is 0 Å². The molecule has 0 saturated heterocycles. The van der Waals surface area contributed by atoms with Crippen molar-refractivity contribution in [1.29, 1.82) is 0 Å². The van der Waals surface area contributed by atoms with Gasteiger partial charge in [-0.15, -0.1) is 0 Å². The molecule has 114 valence electrons. The molecule has 2 rings (SSSR count). The molecule has 3 nitrogen and oxygen atoms in total. The van der Waals surface area contributed by atoms with Crippen LogP contribution in [0.3, 0.4) is 0 Å². The van der Waals surface area contributed by atoms with Crippen LogP contribution in [0.1, 0.15) is 57.3 Å². The van der Waals surface area contributed by atoms with Crippen molar-refractivity contribution in [2.75, 3.05) is 0 Å². The maximum atomic E-state index is 11.1. The van der Waals surface area contributed by atoms with E-state index in [-0.39, 0.29) is 0 Å². The van der Waals surface area contributed by atoms with Crippen LogP contribution in [0.4, 0.5) is 0 Å². The fourth-order valence-electron chi connectivity index (χ4n) is 2.70. The average Bonchev–Trinajstić information content (AvgIpc) is 2.96. The van der Waals surface area contributed by atoms with Crippen LogP contribution in [0.2, 0.25) is 0 Å². The Balaban J connectivity index is 2.22. The molecule has 0 bridgehead atoms. The van der Waals surface area contributed by atoms with Gasteiger partial charge in [0.2, 0.25) is 0 Å². The van der Waals surface area contributed by atoms with Gasteiger partial charge in [-0.05, 0) is 31.4 Å². The van der Waals surface area contributed by atoms with Gasteiger partial charge in [-0.25, -0.2) is 0 Å². The predicted molar refractivity (Wildman–Crippen MR) is 86.2 cm³/mol. The smallest absolute Gasteiger partial charge is 0.0952 e. The van der Waals surface area contributed by atoms with Gasteiger partial charge in [0, 0.05) is 18.7 Å². The van der Waals surface area contributed by atoms with Crippen molar-refractivity contribution >= 4 is 0 Å². The first-order chi connectivity index (χ1) is 10.1. The Labute approximate surface area is 127 Å². The lowest BCUT2D eigenvalue weighted by Gasteiger charge is -2.27. The van der Waals surface area contributed by atoms with Crippen molar-refractivity contribution in [3.8, 4) is 0 Å². The summed E-state index contributed by atoms with van der Waals surface area (Å²) in [5.74, 6) is 0. The van der Waals surface area contributed by atoms with Crippen LogP contribution in [-0.4, -0.2) is 14.9 Å². The lowest BCUT2D eigenvalue weighted by atomic mass is 9.85. The third-order valence-electron chi connectivity index (χ3n) is 4.15. The highest BCUT2D eigenvalue weighted by atomic mass is 16.3. The molecule has 21 heavy (non-hydrogen) atoms. The maximum absolute atomic E-state index is 11.1. The Bertz CT molecular complexity index is 549. The summed E-state index contributed by atoms with van der Waals surface area (Å²) in [5.41, 5.74) is 1.10. The second-order valence-electron chi connectivity index (χ2n) is 5.87. The second-order valence-corrected chi connectivity index (χ2v) is 5.87. The number of hydrogen-bond acceptors (Lipinski definition) is 2. The van der Waals surface area contributed by atoms with E-state index in [9.17, 15) is 5.11 Å². The molecule has 0 amide bonds. The number of benzene rings is 1. The summed E-state index contributed by atoms with van der Waals surface area (Å²) in [7, 11) is 0. The van der Waals surface area contributed by atoms with E-state index in [0.717, 1.165) is 30.5 Å². The minimum absolute atomic E-state index is 0.398. The summed E-state index contributed by atoms with van der Waals surface area (Å²) in [4.78, 5) is 0. The quantitative estimate of drug-likeness (QED) is 0.832. The fourth-order valence-corrected chi connectivity index (χ4v) is 2.70. The Morgan fingerprint density at radius 1 is 1.19 bits per heavy atom. The van der Waals surface area contributed by atoms with Gasteiger partial charge in [0.15, 0.2) is 0 Å². The van der Waals surface area contributed by atoms with Crippen LogP contribution in [0, 0.1) is 0 Å². The molecule has 1 aromatic heterocycles. The van der Waals surface area contributed by atoms with E-state index in [2.05, 4.69) is 25.9 Å². The number of rotatable bonds is 7. The molecule has 0 radical (unpaired) electrons. The molecule has 0 fully saturated rings. The summed E-state index contributed by atoms with van der Waals surface area (Å²) in [5, 5.41) is 15.7. The topological polar surface area (TPSA) is 38.0 Å². The number of aromatic nitrogens is 2. The first-order valence-corrected chi connectivity index (χ1v) is 7.91. The first kappa shape index (κ1) is 15.8. The SMILES string of the molecule is CCCC(O)(Cc1ccn(C(C)CC)n1)c1ccccc1. The summed E-state index contributed by atoms with van der Waals surface area (Å²) in [6.45, 7) is 6.42. The highest BCUT2D eigenvalue weighted by molar-refractivity contribution is 5.24. The van der Waals surface area contributed by atoms with E-state index in [4.69, 9.17) is 0 Å². The molecule has 0 spiro atoms. The fraction of sp³-hybridized carbons (Fsp3) is 0.500. The summed E-state index contributed by atoms with van der Waals surface area (Å²) in [6, 6.07) is 12.4. The van der Waals surface area contributed by atoms with Crippen LogP contribution in [0.15, 0.2) is 42.6 Å². The molecule has 2 unspecified atom stereocenters. The zero-order valence-electron chi connectivity index (χ0n) is 13.3. The van der Waals surface area contributed by atoms with Gasteiger partial charge in [0.25, 0.3) is 0 Å². The predicted octanol–water partition coefficient (Wildman–Crippen LogP) is 4.08. The van der Waals surface area contributed by atoms with Gasteiger partial charge in [0.05, 0.1) is 11.3 Å². The van der Waals surface area contributed by atoms with E-state index >= 15 is 0 Å². The molecule has 0 aliphatic carbocycles. The van der Waals surface area contributed by atoms with Crippen molar-refractivity contribution in [3.05, 3.63) is 53.9 Å². The highest BCUT2D eigenvalue weighted by Crippen LogP contribution is 2.30. The lowest BCUT2D eigenvalue weighted by molar-refractivity contribution is 0.0258. The van der Waals surface area contributed by atoms with Crippen molar-refractivity contribution in [1.82, 2.24) is 9.78 Å². The van der Waals surface area contributed by atoms with E-state index in [1.54, 1.807) is 0 Å². The van der Waals surface area contributed by atoms with E-state index in [1.807, 2.05) is 47.3 Å². The summed E-state index contributed by atoms with van der Waals surface area (Å²) in [6.07, 6.45) is 5.32. The van der Waals surface area contributed by atoms with Crippen molar-refractivity contribution in [2.45, 2.75) is 58.1 Å². The highest BCUT2D eigenvalue weighted by Gasteiger charge is 2.29. The van der Waals surface area contributed by atoms with Gasteiger partial charge >= 0.3 is 0 Å². The van der Waals surface area contributed by atoms with E-state index < -0.39 is 5.60 Å². The maximum Gasteiger partial charge on any atom is 0.0952 e. The largest absolute Gasteiger partial charge is 0.385 e. The molecule has 2 aromatic rings. The van der Waals surface area contributed by atoms with Crippen LogP contribution in [0.25, 0.3) is 0 Å². The molecule has 1 heterocycles. The number of aliphatic hydroxyl groups is 1. The minimum Gasteiger partial charge on any atom is -0.385 e. The Morgan fingerprint density at radius 3 is 2.52 bits per heavy atom. The standard InChI is InChI=1S/C18H26N2O/c1-4-12-18(21,16-9-7-6-8-10-16)14-17-11-13-20(19-17)15(3)5-2/h6-11,13,15,21H,4-5,12,14H2,1-3H3. The van der Waals surface area contributed by atoms with Crippen molar-refractivity contribution < 1.29 is 5.11 Å². The molecule has 3 heteroatoms. The Morgan fingerprint density at radius 2 is 1.90 bits per heavy atom. The van der Waals surface area contributed by atoms with Gasteiger partial charge < -0.3 is 5.11 Å². The van der Waals surface area contributed by atoms with E-state index in [0.29, 0.717) is 12.5 Å².